The maximum absolute atomic E-state index is 13.4. The van der Waals surface area contributed by atoms with Crippen LogP contribution in [0, 0.1) is 13.8 Å². The smallest absolute Gasteiger partial charge is 0.264 e. The maximum atomic E-state index is 13.4. The van der Waals surface area contributed by atoms with Gasteiger partial charge in [-0.15, -0.1) is 0 Å². The summed E-state index contributed by atoms with van der Waals surface area (Å²) in [5, 5.41) is 0. The largest absolute Gasteiger partial charge is 0.484 e. The van der Waals surface area contributed by atoms with Crippen molar-refractivity contribution in [2.24, 2.45) is 0 Å². The van der Waals surface area contributed by atoms with Gasteiger partial charge in [-0.25, -0.2) is 0 Å². The number of anilines is 2. The molecule has 0 radical (unpaired) electrons. The molecular formula is C32H30Br2N2O4. The molecule has 4 rings (SSSR count). The van der Waals surface area contributed by atoms with Crippen LogP contribution in [0.4, 0.5) is 11.4 Å². The van der Waals surface area contributed by atoms with Crippen LogP contribution in [0.25, 0.3) is 0 Å². The minimum atomic E-state index is -0.214. The van der Waals surface area contributed by atoms with Gasteiger partial charge in [0.1, 0.15) is 11.5 Å². The number of nitrogens with zero attached hydrogens (tertiary/aromatic N) is 2. The first-order valence-electron chi connectivity index (χ1n) is 12.8. The number of halogens is 2. The van der Waals surface area contributed by atoms with Gasteiger partial charge in [0.15, 0.2) is 13.2 Å². The van der Waals surface area contributed by atoms with Gasteiger partial charge in [0.05, 0.1) is 0 Å². The molecule has 4 aromatic carbocycles. The molecule has 0 saturated heterocycles. The third kappa shape index (κ3) is 7.96. The van der Waals surface area contributed by atoms with Crippen molar-refractivity contribution >= 4 is 55.0 Å². The lowest BCUT2D eigenvalue weighted by atomic mass is 10.2. The lowest BCUT2D eigenvalue weighted by molar-refractivity contribution is -0.122. The van der Waals surface area contributed by atoms with E-state index in [1.54, 1.807) is 9.80 Å². The molecule has 0 saturated carbocycles. The summed E-state index contributed by atoms with van der Waals surface area (Å²) in [6.45, 7) is 4.19. The molecule has 0 heterocycles. The van der Waals surface area contributed by atoms with Gasteiger partial charge in [0.25, 0.3) is 11.8 Å². The highest BCUT2D eigenvalue weighted by Crippen LogP contribution is 2.24. The Labute approximate surface area is 251 Å². The van der Waals surface area contributed by atoms with Crippen LogP contribution in [0.5, 0.6) is 11.5 Å². The number of carbonyl (C=O) groups is 2. The summed E-state index contributed by atoms with van der Waals surface area (Å²) in [7, 11) is 0. The van der Waals surface area contributed by atoms with Gasteiger partial charge in [0, 0.05) is 33.4 Å². The molecule has 206 valence electrons. The average molecular weight is 666 g/mol. The van der Waals surface area contributed by atoms with Crippen LogP contribution >= 0.6 is 31.9 Å². The molecule has 0 aromatic heterocycles. The fraction of sp³-hybridized carbons (Fsp3) is 0.188. The van der Waals surface area contributed by atoms with Crippen LogP contribution in [-0.4, -0.2) is 38.1 Å². The Morgan fingerprint density at radius 2 is 0.975 bits per heavy atom. The Morgan fingerprint density at radius 1 is 0.600 bits per heavy atom. The minimum absolute atomic E-state index is 0.138. The van der Waals surface area contributed by atoms with Crippen LogP contribution < -0.4 is 19.3 Å². The Balaban J connectivity index is 1.49. The number of hydrogen-bond acceptors (Lipinski definition) is 4. The lowest BCUT2D eigenvalue weighted by Gasteiger charge is -2.28. The highest BCUT2D eigenvalue weighted by Gasteiger charge is 2.22. The second kappa shape index (κ2) is 14.1. The lowest BCUT2D eigenvalue weighted by Crippen LogP contribution is -2.44. The molecule has 0 aliphatic heterocycles. The molecule has 0 spiro atoms. The first-order valence-corrected chi connectivity index (χ1v) is 14.4. The quantitative estimate of drug-likeness (QED) is 0.168. The number of aryl methyl sites for hydroxylation is 2. The molecule has 6 nitrogen and oxygen atoms in total. The van der Waals surface area contributed by atoms with E-state index in [0.29, 0.717) is 11.5 Å². The molecule has 2 amide bonds. The standard InChI is InChI=1S/C32H30Br2N2O4/c1-23-19-27(13-15-29(23)33)39-21-31(37)35(25-9-5-3-6-10-25)17-18-36(26-11-7-4-8-12-26)32(38)22-40-28-14-16-30(34)24(2)20-28/h3-16,19-20H,17-18,21-22H2,1-2H3. The van der Waals surface area contributed by atoms with Crippen molar-refractivity contribution in [1.29, 1.82) is 0 Å². The third-order valence-corrected chi connectivity index (χ3v) is 8.05. The molecule has 0 unspecified atom stereocenters. The fourth-order valence-electron chi connectivity index (χ4n) is 4.07. The maximum Gasteiger partial charge on any atom is 0.264 e. The Hall–Kier alpha value is -3.62. The summed E-state index contributed by atoms with van der Waals surface area (Å²) in [4.78, 5) is 30.1. The Morgan fingerprint density at radius 3 is 1.32 bits per heavy atom. The number of ether oxygens (including phenoxy) is 2. The molecule has 0 aliphatic rings. The van der Waals surface area contributed by atoms with Gasteiger partial charge in [-0.05, 0) is 85.6 Å². The summed E-state index contributed by atoms with van der Waals surface area (Å²) in [6, 6.07) is 30.0. The Bertz CT molecular complexity index is 1340. The molecule has 8 heteroatoms. The zero-order valence-corrected chi connectivity index (χ0v) is 25.5. The third-order valence-electron chi connectivity index (χ3n) is 6.27. The van der Waals surface area contributed by atoms with Crippen molar-refractivity contribution in [2.45, 2.75) is 13.8 Å². The molecular weight excluding hydrogens is 636 g/mol. The molecule has 0 aliphatic carbocycles. The van der Waals surface area contributed by atoms with E-state index in [2.05, 4.69) is 31.9 Å². The average Bonchev–Trinajstić information content (AvgIpc) is 2.97. The van der Waals surface area contributed by atoms with Crippen molar-refractivity contribution in [3.05, 3.63) is 117 Å². The van der Waals surface area contributed by atoms with Gasteiger partial charge in [0.2, 0.25) is 0 Å². The number of amides is 2. The zero-order valence-electron chi connectivity index (χ0n) is 22.3. The van der Waals surface area contributed by atoms with Gasteiger partial charge >= 0.3 is 0 Å². The van der Waals surface area contributed by atoms with E-state index in [0.717, 1.165) is 31.4 Å². The first kappa shape index (κ1) is 29.4. The second-order valence-electron chi connectivity index (χ2n) is 9.16. The van der Waals surface area contributed by atoms with E-state index in [1.165, 1.54) is 0 Å². The van der Waals surface area contributed by atoms with E-state index in [1.807, 2.05) is 111 Å². The normalized spacial score (nSPS) is 10.6. The SMILES string of the molecule is Cc1cc(OCC(=O)N(CCN(C(=O)COc2ccc(Br)c(C)c2)c2ccccc2)c2ccccc2)ccc1Br. The van der Waals surface area contributed by atoms with Gasteiger partial charge in [-0.3, -0.25) is 9.59 Å². The predicted octanol–water partition coefficient (Wildman–Crippen LogP) is 7.35. The van der Waals surface area contributed by atoms with E-state index in [4.69, 9.17) is 9.47 Å². The van der Waals surface area contributed by atoms with E-state index in [9.17, 15) is 9.59 Å². The van der Waals surface area contributed by atoms with Crippen molar-refractivity contribution in [1.82, 2.24) is 0 Å². The van der Waals surface area contributed by atoms with Crippen molar-refractivity contribution in [3.8, 4) is 11.5 Å². The summed E-state index contributed by atoms with van der Waals surface area (Å²) in [5.41, 5.74) is 3.49. The van der Waals surface area contributed by atoms with Gasteiger partial charge in [-0.1, -0.05) is 68.3 Å². The number of para-hydroxylation sites is 2. The topological polar surface area (TPSA) is 59.1 Å². The highest BCUT2D eigenvalue weighted by atomic mass is 79.9. The fourth-order valence-corrected chi connectivity index (χ4v) is 4.56. The van der Waals surface area contributed by atoms with E-state index in [-0.39, 0.29) is 38.1 Å². The van der Waals surface area contributed by atoms with Crippen LogP contribution in [0.3, 0.4) is 0 Å². The van der Waals surface area contributed by atoms with Crippen molar-refractivity contribution in [2.75, 3.05) is 36.1 Å². The molecule has 40 heavy (non-hydrogen) atoms. The highest BCUT2D eigenvalue weighted by molar-refractivity contribution is 9.10. The second-order valence-corrected chi connectivity index (χ2v) is 10.9. The number of hydrogen-bond donors (Lipinski definition) is 0. The summed E-state index contributed by atoms with van der Waals surface area (Å²) in [6.07, 6.45) is 0. The molecule has 0 N–H and O–H groups in total. The number of carbonyl (C=O) groups excluding carboxylic acids is 2. The van der Waals surface area contributed by atoms with Gasteiger partial charge in [-0.2, -0.15) is 0 Å². The zero-order chi connectivity index (χ0) is 28.5. The number of benzene rings is 4. The van der Waals surface area contributed by atoms with Crippen LogP contribution in [-0.2, 0) is 9.59 Å². The summed E-state index contributed by atoms with van der Waals surface area (Å²) < 4.78 is 13.6. The molecule has 0 atom stereocenters. The molecule has 4 aromatic rings. The van der Waals surface area contributed by atoms with Crippen LogP contribution in [0.1, 0.15) is 11.1 Å². The molecule has 0 fully saturated rings. The molecule has 0 bridgehead atoms. The first-order chi connectivity index (χ1) is 19.3. The monoisotopic (exact) mass is 664 g/mol. The van der Waals surface area contributed by atoms with Crippen LogP contribution in [0.2, 0.25) is 0 Å². The Kier molecular flexibility index (Phi) is 10.4. The summed E-state index contributed by atoms with van der Waals surface area (Å²) in [5.74, 6) is 0.801. The van der Waals surface area contributed by atoms with E-state index < -0.39 is 0 Å². The van der Waals surface area contributed by atoms with Crippen molar-refractivity contribution in [3.63, 3.8) is 0 Å². The minimum Gasteiger partial charge on any atom is -0.484 e. The van der Waals surface area contributed by atoms with E-state index >= 15 is 0 Å². The predicted molar refractivity (Wildman–Crippen MR) is 166 cm³/mol. The van der Waals surface area contributed by atoms with Gasteiger partial charge < -0.3 is 19.3 Å². The number of rotatable bonds is 11. The van der Waals surface area contributed by atoms with Crippen LogP contribution in [0.15, 0.2) is 106 Å². The summed E-state index contributed by atoms with van der Waals surface area (Å²) >= 11 is 6.97. The van der Waals surface area contributed by atoms with Crippen molar-refractivity contribution < 1.29 is 19.1 Å².